The summed E-state index contributed by atoms with van der Waals surface area (Å²) < 4.78 is 19.5. The van der Waals surface area contributed by atoms with Gasteiger partial charge in [-0.1, -0.05) is 24.1 Å². The number of rotatable bonds is 9. The number of fused-ring (bicyclic) bond motifs is 1. The van der Waals surface area contributed by atoms with Crippen molar-refractivity contribution in [3.8, 4) is 5.75 Å². The summed E-state index contributed by atoms with van der Waals surface area (Å²) in [5.41, 5.74) is 1.72. The number of nitrogens with one attached hydrogen (secondary N) is 2. The number of nitrogens with zero attached hydrogens (tertiary/aromatic N) is 3. The van der Waals surface area contributed by atoms with Crippen molar-refractivity contribution in [2.75, 3.05) is 30.3 Å². The van der Waals surface area contributed by atoms with Crippen molar-refractivity contribution >= 4 is 45.6 Å². The van der Waals surface area contributed by atoms with Gasteiger partial charge in [-0.3, -0.25) is 4.79 Å². The monoisotopic (exact) mass is 511 g/mol. The molecule has 0 saturated carbocycles. The quantitative estimate of drug-likeness (QED) is 0.327. The normalized spacial score (nSPS) is 14.5. The SMILES string of the molecule is CC(C)Oc1cc2ncnc(Nc3ccc(F)c(Cl)c3)c2cc1NC(=O)C=CCCN1CCCCC1. The van der Waals surface area contributed by atoms with E-state index < -0.39 is 5.82 Å². The van der Waals surface area contributed by atoms with E-state index in [2.05, 4.69) is 25.5 Å². The van der Waals surface area contributed by atoms with E-state index in [-0.39, 0.29) is 17.0 Å². The molecule has 190 valence electrons. The number of aromatic nitrogens is 2. The van der Waals surface area contributed by atoms with Crippen molar-refractivity contribution in [2.24, 2.45) is 0 Å². The average molecular weight is 512 g/mol. The molecule has 2 N–H and O–H groups in total. The lowest BCUT2D eigenvalue weighted by molar-refractivity contribution is -0.111. The van der Waals surface area contributed by atoms with E-state index in [0.717, 1.165) is 26.1 Å². The molecule has 36 heavy (non-hydrogen) atoms. The first kappa shape index (κ1) is 25.9. The summed E-state index contributed by atoms with van der Waals surface area (Å²) in [4.78, 5) is 23.9. The third-order valence-electron chi connectivity index (χ3n) is 5.87. The highest BCUT2D eigenvalue weighted by molar-refractivity contribution is 6.31. The fraction of sp³-hybridized carbons (Fsp3) is 0.370. The molecule has 3 aromatic rings. The van der Waals surface area contributed by atoms with E-state index in [9.17, 15) is 9.18 Å². The summed E-state index contributed by atoms with van der Waals surface area (Å²) in [6, 6.07) is 7.89. The minimum atomic E-state index is -0.501. The minimum absolute atomic E-state index is 0.00556. The molecule has 1 saturated heterocycles. The molecule has 1 aromatic heterocycles. The molecule has 0 radical (unpaired) electrons. The molecule has 1 fully saturated rings. The van der Waals surface area contributed by atoms with E-state index in [1.165, 1.54) is 37.7 Å². The molecule has 4 rings (SSSR count). The highest BCUT2D eigenvalue weighted by Gasteiger charge is 2.15. The number of hydrogen-bond acceptors (Lipinski definition) is 6. The average Bonchev–Trinajstić information content (AvgIpc) is 2.85. The molecule has 0 aliphatic carbocycles. The van der Waals surface area contributed by atoms with E-state index in [1.54, 1.807) is 24.3 Å². The maximum Gasteiger partial charge on any atom is 0.248 e. The number of carbonyl (C=O) groups is 1. The Morgan fingerprint density at radius 2 is 2.00 bits per heavy atom. The van der Waals surface area contributed by atoms with Gasteiger partial charge in [0.05, 0.1) is 22.3 Å². The number of hydrogen-bond donors (Lipinski definition) is 2. The van der Waals surface area contributed by atoms with Crippen LogP contribution in [0.25, 0.3) is 10.9 Å². The number of anilines is 3. The number of piperidine rings is 1. The predicted molar refractivity (Wildman–Crippen MR) is 143 cm³/mol. The van der Waals surface area contributed by atoms with Gasteiger partial charge in [-0.2, -0.15) is 0 Å². The van der Waals surface area contributed by atoms with E-state index in [0.29, 0.717) is 33.8 Å². The number of halogens is 2. The van der Waals surface area contributed by atoms with Crippen LogP contribution in [0.3, 0.4) is 0 Å². The van der Waals surface area contributed by atoms with Crippen LogP contribution in [-0.2, 0) is 4.79 Å². The van der Waals surface area contributed by atoms with Crippen LogP contribution in [0.5, 0.6) is 5.75 Å². The molecule has 7 nitrogen and oxygen atoms in total. The fourth-order valence-corrected chi connectivity index (χ4v) is 4.33. The zero-order valence-electron chi connectivity index (χ0n) is 20.6. The number of benzene rings is 2. The standard InChI is InChI=1S/C27H31ClFN5O2/c1-18(2)36-25-16-23-20(27(31-17-30-23)32-19-9-10-22(29)21(28)14-19)15-24(25)33-26(35)8-4-7-13-34-11-5-3-6-12-34/h4,8-10,14-18H,3,5-7,11-13H2,1-2H3,(H,33,35)(H,30,31,32). The second-order valence-corrected chi connectivity index (χ2v) is 9.50. The summed E-state index contributed by atoms with van der Waals surface area (Å²) in [5, 5.41) is 6.76. The first-order valence-corrected chi connectivity index (χ1v) is 12.6. The first-order chi connectivity index (χ1) is 17.4. The third kappa shape index (κ3) is 6.92. The molecule has 0 atom stereocenters. The Kier molecular flexibility index (Phi) is 8.72. The van der Waals surface area contributed by atoms with Gasteiger partial charge >= 0.3 is 0 Å². The minimum Gasteiger partial charge on any atom is -0.489 e. The summed E-state index contributed by atoms with van der Waals surface area (Å²) in [5.74, 6) is 0.269. The van der Waals surface area contributed by atoms with Gasteiger partial charge in [-0.05, 0) is 76.5 Å². The smallest absolute Gasteiger partial charge is 0.248 e. The Hall–Kier alpha value is -3.23. The Morgan fingerprint density at radius 1 is 1.19 bits per heavy atom. The molecule has 0 unspecified atom stereocenters. The van der Waals surface area contributed by atoms with E-state index in [1.807, 2.05) is 19.9 Å². The zero-order chi connectivity index (χ0) is 25.5. The third-order valence-corrected chi connectivity index (χ3v) is 6.16. The van der Waals surface area contributed by atoms with Crippen molar-refractivity contribution in [3.05, 3.63) is 59.7 Å². The Morgan fingerprint density at radius 3 is 2.75 bits per heavy atom. The van der Waals surface area contributed by atoms with E-state index in [4.69, 9.17) is 16.3 Å². The molecule has 2 aromatic carbocycles. The van der Waals surface area contributed by atoms with Gasteiger partial charge in [0, 0.05) is 23.7 Å². The van der Waals surface area contributed by atoms with Crippen molar-refractivity contribution in [2.45, 2.75) is 45.6 Å². The van der Waals surface area contributed by atoms with E-state index >= 15 is 0 Å². The first-order valence-electron chi connectivity index (χ1n) is 12.3. The highest BCUT2D eigenvalue weighted by atomic mass is 35.5. The summed E-state index contributed by atoms with van der Waals surface area (Å²) in [6.07, 6.45) is 9.43. The summed E-state index contributed by atoms with van der Waals surface area (Å²) in [6.45, 7) is 7.06. The van der Waals surface area contributed by atoms with Crippen molar-refractivity contribution in [1.29, 1.82) is 0 Å². The van der Waals surface area contributed by atoms with Gasteiger partial charge in [-0.25, -0.2) is 14.4 Å². The lowest BCUT2D eigenvalue weighted by atomic mass is 10.1. The number of likely N-dealkylation sites (tertiary alicyclic amines) is 1. The van der Waals surface area contributed by atoms with Gasteiger partial charge in [0.2, 0.25) is 5.91 Å². The second kappa shape index (κ2) is 12.1. The van der Waals surface area contributed by atoms with Crippen LogP contribution >= 0.6 is 11.6 Å². The molecule has 2 heterocycles. The number of ether oxygens (including phenoxy) is 1. The van der Waals surface area contributed by atoms with Gasteiger partial charge in [0.1, 0.15) is 23.7 Å². The van der Waals surface area contributed by atoms with Crippen LogP contribution in [0.15, 0.2) is 48.8 Å². The molecule has 1 aliphatic rings. The largest absolute Gasteiger partial charge is 0.489 e. The van der Waals surface area contributed by atoms with Crippen molar-refractivity contribution in [3.63, 3.8) is 0 Å². The van der Waals surface area contributed by atoms with Crippen LogP contribution in [0.1, 0.15) is 39.5 Å². The summed E-state index contributed by atoms with van der Waals surface area (Å²) in [7, 11) is 0. The Labute approximate surface area is 215 Å². The van der Waals surface area contributed by atoms with Crippen LogP contribution < -0.4 is 15.4 Å². The molecule has 0 spiro atoms. The van der Waals surface area contributed by atoms with Gasteiger partial charge in [-0.15, -0.1) is 0 Å². The highest BCUT2D eigenvalue weighted by Crippen LogP contribution is 2.34. The zero-order valence-corrected chi connectivity index (χ0v) is 21.3. The molecule has 9 heteroatoms. The van der Waals surface area contributed by atoms with Crippen LogP contribution in [0, 0.1) is 5.82 Å². The Balaban J connectivity index is 1.54. The Bertz CT molecular complexity index is 1240. The second-order valence-electron chi connectivity index (χ2n) is 9.09. The van der Waals surface area contributed by atoms with Crippen molar-refractivity contribution < 1.29 is 13.9 Å². The fourth-order valence-electron chi connectivity index (χ4n) is 4.15. The molecule has 0 bridgehead atoms. The molecule has 1 aliphatic heterocycles. The van der Waals surface area contributed by atoms with Gasteiger partial charge in [0.25, 0.3) is 0 Å². The predicted octanol–water partition coefficient (Wildman–Crippen LogP) is 6.32. The van der Waals surface area contributed by atoms with Crippen LogP contribution in [0.2, 0.25) is 5.02 Å². The van der Waals surface area contributed by atoms with Crippen LogP contribution in [-0.4, -0.2) is 46.5 Å². The summed E-state index contributed by atoms with van der Waals surface area (Å²) >= 11 is 5.93. The lowest BCUT2D eigenvalue weighted by Crippen LogP contribution is -2.30. The topological polar surface area (TPSA) is 79.4 Å². The lowest BCUT2D eigenvalue weighted by Gasteiger charge is -2.25. The van der Waals surface area contributed by atoms with Crippen molar-refractivity contribution in [1.82, 2.24) is 14.9 Å². The maximum absolute atomic E-state index is 13.6. The van der Waals surface area contributed by atoms with Crippen LogP contribution in [0.4, 0.5) is 21.6 Å². The number of amides is 1. The number of carbonyl (C=O) groups excluding carboxylic acids is 1. The molecular formula is C27H31ClFN5O2. The maximum atomic E-state index is 13.6. The molecule has 1 amide bonds. The van der Waals surface area contributed by atoms with Gasteiger partial charge in [0.15, 0.2) is 0 Å². The van der Waals surface area contributed by atoms with Gasteiger partial charge < -0.3 is 20.3 Å². The molecular weight excluding hydrogens is 481 g/mol.